The molecule has 13 heteroatoms. The van der Waals surface area contributed by atoms with Crippen LogP contribution in [0.15, 0.2) is 42.5 Å². The number of rotatable bonds is 6. The molecule has 212 valence electrons. The lowest BCUT2D eigenvalue weighted by molar-refractivity contribution is -0.162. The zero-order valence-electron chi connectivity index (χ0n) is 22.3. The van der Waals surface area contributed by atoms with E-state index < -0.39 is 41.3 Å². The molecule has 2 aromatic rings. The van der Waals surface area contributed by atoms with E-state index in [-0.39, 0.29) is 18.2 Å². The van der Waals surface area contributed by atoms with Crippen LogP contribution in [0.4, 0.5) is 11.4 Å². The van der Waals surface area contributed by atoms with Crippen LogP contribution >= 0.6 is 0 Å². The quantitative estimate of drug-likeness (QED) is 0.153. The number of fused-ring (bicyclic) bond motifs is 1. The summed E-state index contributed by atoms with van der Waals surface area (Å²) in [6.45, 7) is 4.62. The smallest absolute Gasteiger partial charge is 0.328 e. The average Bonchev–Trinajstić information content (AvgIpc) is 3.39. The molecule has 2 aliphatic heterocycles. The number of nitrogens with zero attached hydrogens (tertiary/aromatic N) is 1. The first-order chi connectivity index (χ1) is 18.9. The minimum atomic E-state index is -1.91. The first-order valence-corrected chi connectivity index (χ1v) is 12.4. The molecule has 2 aliphatic rings. The molecular weight excluding hydrogens is 522 g/mol. The number of likely N-dealkylation sites (tertiary alicyclic amines) is 1. The van der Waals surface area contributed by atoms with Gasteiger partial charge in [0.15, 0.2) is 0 Å². The summed E-state index contributed by atoms with van der Waals surface area (Å²) in [6.07, 6.45) is 1.05. The molecule has 0 aliphatic carbocycles. The fraction of sp³-hybridized carbons (Fsp3) is 0.333. The second-order valence-corrected chi connectivity index (χ2v) is 9.17. The van der Waals surface area contributed by atoms with E-state index in [4.69, 9.17) is 30.5 Å². The van der Waals surface area contributed by atoms with Crippen molar-refractivity contribution in [3.05, 3.63) is 53.6 Å². The van der Waals surface area contributed by atoms with Crippen molar-refractivity contribution in [3.63, 3.8) is 0 Å². The van der Waals surface area contributed by atoms with Crippen molar-refractivity contribution in [2.45, 2.75) is 45.3 Å². The van der Waals surface area contributed by atoms with Crippen molar-refractivity contribution in [1.82, 2.24) is 4.90 Å². The predicted octanol–water partition coefficient (Wildman–Crippen LogP) is 1.96. The van der Waals surface area contributed by atoms with E-state index >= 15 is 0 Å². The number of nitrogens with one attached hydrogen (secondary N) is 3. The normalized spacial score (nSPS) is 19.1. The monoisotopic (exact) mass is 553 g/mol. The highest BCUT2D eigenvalue weighted by molar-refractivity contribution is 6.16. The number of nitrogens with two attached hydrogens (primary N) is 1. The van der Waals surface area contributed by atoms with Gasteiger partial charge < -0.3 is 35.8 Å². The Balaban J connectivity index is 0.00000103. The molecule has 1 fully saturated rings. The number of hydrogen-bond donors (Lipinski definition) is 5. The van der Waals surface area contributed by atoms with Gasteiger partial charge in [-0.25, -0.2) is 4.79 Å². The molecule has 6 N–H and O–H groups in total. The molecule has 0 radical (unpaired) electrons. The highest BCUT2D eigenvalue weighted by atomic mass is 16.5. The number of aliphatic carboxylic acids is 1. The number of benzene rings is 2. The second kappa shape index (κ2) is 12.3. The number of amides is 3. The Bertz CT molecular complexity index is 1340. The summed E-state index contributed by atoms with van der Waals surface area (Å²) < 4.78 is 11.0. The van der Waals surface area contributed by atoms with Gasteiger partial charge in [-0.15, -0.1) is 0 Å². The van der Waals surface area contributed by atoms with Gasteiger partial charge in [-0.05, 0) is 51.0 Å². The van der Waals surface area contributed by atoms with Gasteiger partial charge in [-0.3, -0.25) is 24.6 Å². The molecule has 0 saturated carbocycles. The lowest BCUT2D eigenvalue weighted by atomic mass is 10.00. The Morgan fingerprint density at radius 2 is 1.82 bits per heavy atom. The SMILES string of the molecule is CC(=O)O.CCOC(=O)[C@@H]1CCCN1C(=O)[C@@]1(C)Oc2cc(NC(=O)c3ccc(C(=N)N)cc3)ccc2NC1=O. The van der Waals surface area contributed by atoms with Crippen molar-refractivity contribution in [3.8, 4) is 5.75 Å². The maximum Gasteiger partial charge on any atom is 0.328 e. The Morgan fingerprint density at radius 3 is 2.42 bits per heavy atom. The zero-order valence-corrected chi connectivity index (χ0v) is 22.3. The summed E-state index contributed by atoms with van der Waals surface area (Å²) in [5, 5.41) is 20.3. The fourth-order valence-electron chi connectivity index (χ4n) is 4.21. The summed E-state index contributed by atoms with van der Waals surface area (Å²) >= 11 is 0. The van der Waals surface area contributed by atoms with E-state index in [0.29, 0.717) is 41.9 Å². The molecule has 13 nitrogen and oxygen atoms in total. The van der Waals surface area contributed by atoms with Gasteiger partial charge in [-0.1, -0.05) is 12.1 Å². The Kier molecular flexibility index (Phi) is 9.09. The van der Waals surface area contributed by atoms with Crippen LogP contribution in [0, 0.1) is 5.41 Å². The van der Waals surface area contributed by atoms with Gasteiger partial charge in [0.05, 0.1) is 12.3 Å². The lowest BCUT2D eigenvalue weighted by Crippen LogP contribution is -2.61. The van der Waals surface area contributed by atoms with Crippen LogP contribution in [-0.2, 0) is 23.9 Å². The van der Waals surface area contributed by atoms with Crippen LogP contribution in [0.3, 0.4) is 0 Å². The molecule has 40 heavy (non-hydrogen) atoms. The molecule has 1 saturated heterocycles. The molecule has 0 spiro atoms. The van der Waals surface area contributed by atoms with Crippen LogP contribution in [0.5, 0.6) is 5.75 Å². The maximum atomic E-state index is 13.4. The molecule has 0 aromatic heterocycles. The van der Waals surface area contributed by atoms with E-state index in [1.807, 2.05) is 0 Å². The molecular formula is C27H31N5O8. The number of ether oxygens (including phenoxy) is 2. The number of nitrogen functional groups attached to an aromatic ring is 1. The number of amidine groups is 1. The molecule has 0 bridgehead atoms. The zero-order chi connectivity index (χ0) is 29.6. The number of hydrogen-bond acceptors (Lipinski definition) is 8. The summed E-state index contributed by atoms with van der Waals surface area (Å²) in [4.78, 5) is 61.7. The third-order valence-corrected chi connectivity index (χ3v) is 6.17. The van der Waals surface area contributed by atoms with Crippen LogP contribution in [0.25, 0.3) is 0 Å². The van der Waals surface area contributed by atoms with Crippen molar-refractivity contribution < 1.29 is 38.6 Å². The molecule has 2 heterocycles. The van der Waals surface area contributed by atoms with E-state index in [2.05, 4.69) is 10.6 Å². The van der Waals surface area contributed by atoms with Gasteiger partial charge in [-0.2, -0.15) is 0 Å². The highest BCUT2D eigenvalue weighted by Crippen LogP contribution is 2.37. The molecule has 0 unspecified atom stereocenters. The fourth-order valence-corrected chi connectivity index (χ4v) is 4.21. The largest absolute Gasteiger partial charge is 0.481 e. The van der Waals surface area contributed by atoms with E-state index in [9.17, 15) is 19.2 Å². The standard InChI is InChI=1S/C25H27N5O6.C2H4O2/c1-3-35-22(32)18-5-4-12-30(18)24(34)25(2)23(33)29-17-11-10-16(13-19(17)36-25)28-21(31)15-8-6-14(7-9-15)20(26)27;1-2(3)4/h6-11,13,18H,3-5,12H2,1-2H3,(H3,26,27)(H,28,31)(H,29,33);1H3,(H,3,4)/t18-,25-;/m0./s1. The van der Waals surface area contributed by atoms with Gasteiger partial charge in [0, 0.05) is 36.3 Å². The van der Waals surface area contributed by atoms with E-state index in [1.54, 1.807) is 43.3 Å². The third kappa shape index (κ3) is 6.54. The van der Waals surface area contributed by atoms with Gasteiger partial charge in [0.2, 0.25) is 0 Å². The van der Waals surface area contributed by atoms with E-state index in [1.165, 1.54) is 17.9 Å². The van der Waals surface area contributed by atoms with Crippen LogP contribution in [-0.4, -0.2) is 70.3 Å². The van der Waals surface area contributed by atoms with Crippen LogP contribution < -0.4 is 21.1 Å². The van der Waals surface area contributed by atoms with Gasteiger partial charge in [0.1, 0.15) is 17.6 Å². The van der Waals surface area contributed by atoms with Crippen LogP contribution in [0.2, 0.25) is 0 Å². The van der Waals surface area contributed by atoms with Gasteiger partial charge >= 0.3 is 5.97 Å². The Morgan fingerprint density at radius 1 is 1.20 bits per heavy atom. The molecule has 4 rings (SSSR count). The van der Waals surface area contributed by atoms with E-state index in [0.717, 1.165) is 6.92 Å². The third-order valence-electron chi connectivity index (χ3n) is 6.17. The minimum Gasteiger partial charge on any atom is -0.481 e. The summed E-state index contributed by atoms with van der Waals surface area (Å²) in [6, 6.07) is 10.1. The van der Waals surface area contributed by atoms with Crippen molar-refractivity contribution in [2.24, 2.45) is 5.73 Å². The minimum absolute atomic E-state index is 0.101. The first-order valence-electron chi connectivity index (χ1n) is 12.4. The Labute approximate surface area is 230 Å². The first kappa shape index (κ1) is 29.6. The number of esters is 1. The summed E-state index contributed by atoms with van der Waals surface area (Å²) in [7, 11) is 0. The van der Waals surface area contributed by atoms with Crippen molar-refractivity contribution in [2.75, 3.05) is 23.8 Å². The van der Waals surface area contributed by atoms with Crippen molar-refractivity contribution in [1.29, 1.82) is 5.41 Å². The number of carboxylic acids is 1. The topological polar surface area (TPSA) is 201 Å². The number of anilines is 2. The highest BCUT2D eigenvalue weighted by Gasteiger charge is 2.52. The number of carboxylic acid groups (broad SMARTS) is 1. The maximum absolute atomic E-state index is 13.4. The summed E-state index contributed by atoms with van der Waals surface area (Å²) in [5.74, 6) is -2.95. The molecule has 3 amide bonds. The Hall–Kier alpha value is -4.94. The molecule has 2 aromatic carbocycles. The van der Waals surface area contributed by atoms with Crippen molar-refractivity contribution >= 4 is 46.9 Å². The lowest BCUT2D eigenvalue weighted by Gasteiger charge is -2.37. The molecule has 2 atom stereocenters. The predicted molar refractivity (Wildman–Crippen MR) is 144 cm³/mol. The summed E-state index contributed by atoms with van der Waals surface area (Å²) in [5.41, 5.74) is 5.11. The second-order valence-electron chi connectivity index (χ2n) is 9.17. The average molecular weight is 554 g/mol. The van der Waals surface area contributed by atoms with Gasteiger partial charge in [0.25, 0.3) is 29.3 Å². The van der Waals surface area contributed by atoms with Crippen LogP contribution in [0.1, 0.15) is 49.5 Å². The number of carbonyl (C=O) groups is 5. The number of carbonyl (C=O) groups excluding carboxylic acids is 4.